The van der Waals surface area contributed by atoms with E-state index in [9.17, 15) is 23.9 Å². The van der Waals surface area contributed by atoms with Gasteiger partial charge in [0.1, 0.15) is 11.9 Å². The van der Waals surface area contributed by atoms with Crippen molar-refractivity contribution >= 4 is 17.7 Å². The number of hydrogen-bond acceptors (Lipinski definition) is 4. The van der Waals surface area contributed by atoms with Gasteiger partial charge in [-0.15, -0.1) is 0 Å². The molecule has 0 bridgehead atoms. The standard InChI is InChI=1S/C31H25FN2O4/c1-19-7-5-10-22(17-19)29(35)26-25(20-12-14-24(32)15-13-20)28(31(37)38)34(27(26)23-11-6-16-33-18-23)30(36)21-8-3-2-4-9-21/h2-18,25-28H,1H3,(H,37,38). The Hall–Kier alpha value is -4.65. The third-order valence-corrected chi connectivity index (χ3v) is 7.06. The second-order valence-electron chi connectivity index (χ2n) is 9.43. The Balaban J connectivity index is 1.77. The topological polar surface area (TPSA) is 87.6 Å². The highest BCUT2D eigenvalue weighted by Gasteiger charge is 2.57. The molecule has 1 aliphatic rings. The van der Waals surface area contributed by atoms with Crippen LogP contribution in [0.2, 0.25) is 0 Å². The third kappa shape index (κ3) is 4.59. The van der Waals surface area contributed by atoms with Gasteiger partial charge in [0, 0.05) is 29.4 Å². The molecule has 4 aromatic rings. The Kier molecular flexibility index (Phi) is 6.83. The number of Topliss-reactive ketones (excluding diaryl/α,β-unsaturated/α-hetero) is 1. The summed E-state index contributed by atoms with van der Waals surface area (Å²) in [5.41, 5.74) is 2.58. The molecule has 5 rings (SSSR count). The number of aromatic nitrogens is 1. The molecule has 0 aliphatic carbocycles. The molecule has 3 aromatic carbocycles. The average Bonchev–Trinajstić information content (AvgIpc) is 3.30. The van der Waals surface area contributed by atoms with Gasteiger partial charge in [0.25, 0.3) is 5.91 Å². The van der Waals surface area contributed by atoms with Gasteiger partial charge in [-0.25, -0.2) is 9.18 Å². The predicted octanol–water partition coefficient (Wildman–Crippen LogP) is 5.46. The van der Waals surface area contributed by atoms with Crippen LogP contribution in [-0.4, -0.2) is 38.7 Å². The van der Waals surface area contributed by atoms with Crippen molar-refractivity contribution in [1.82, 2.24) is 9.88 Å². The molecule has 1 fully saturated rings. The van der Waals surface area contributed by atoms with Crippen molar-refractivity contribution in [2.45, 2.75) is 24.9 Å². The Morgan fingerprint density at radius 1 is 0.842 bits per heavy atom. The number of pyridine rings is 1. The number of ketones is 1. The number of carbonyl (C=O) groups excluding carboxylic acids is 2. The number of benzene rings is 3. The molecule has 4 atom stereocenters. The maximum Gasteiger partial charge on any atom is 0.327 e. The van der Waals surface area contributed by atoms with Crippen LogP contribution in [0.4, 0.5) is 4.39 Å². The molecule has 0 radical (unpaired) electrons. The number of hydrogen-bond donors (Lipinski definition) is 1. The van der Waals surface area contributed by atoms with E-state index in [2.05, 4.69) is 4.98 Å². The van der Waals surface area contributed by atoms with Crippen LogP contribution in [-0.2, 0) is 4.79 Å². The zero-order chi connectivity index (χ0) is 26.8. The highest BCUT2D eigenvalue weighted by molar-refractivity contribution is 6.03. The summed E-state index contributed by atoms with van der Waals surface area (Å²) in [6, 6.07) is 22.0. The van der Waals surface area contributed by atoms with Crippen LogP contribution in [0.15, 0.2) is 103 Å². The van der Waals surface area contributed by atoms with Crippen LogP contribution in [0, 0.1) is 18.7 Å². The highest BCUT2D eigenvalue weighted by Crippen LogP contribution is 2.51. The predicted molar refractivity (Wildman–Crippen MR) is 139 cm³/mol. The summed E-state index contributed by atoms with van der Waals surface area (Å²) < 4.78 is 13.9. The number of rotatable bonds is 6. The van der Waals surface area contributed by atoms with Crippen LogP contribution >= 0.6 is 0 Å². The molecule has 1 aliphatic heterocycles. The van der Waals surface area contributed by atoms with Gasteiger partial charge in [-0.05, 0) is 54.4 Å². The van der Waals surface area contributed by atoms with Crippen molar-refractivity contribution < 1.29 is 23.9 Å². The molecule has 7 heteroatoms. The van der Waals surface area contributed by atoms with Gasteiger partial charge in [0.15, 0.2) is 5.78 Å². The van der Waals surface area contributed by atoms with Crippen LogP contribution in [0.1, 0.15) is 49.4 Å². The minimum atomic E-state index is -1.39. The number of carboxylic acid groups (broad SMARTS) is 1. The largest absolute Gasteiger partial charge is 0.480 e. The first-order chi connectivity index (χ1) is 18.4. The van der Waals surface area contributed by atoms with E-state index >= 15 is 0 Å². The molecule has 1 N–H and O–H groups in total. The second-order valence-corrected chi connectivity index (χ2v) is 9.43. The molecule has 190 valence electrons. The first-order valence-corrected chi connectivity index (χ1v) is 12.2. The lowest BCUT2D eigenvalue weighted by Crippen LogP contribution is -2.43. The van der Waals surface area contributed by atoms with E-state index in [-0.39, 0.29) is 5.78 Å². The highest BCUT2D eigenvalue weighted by atomic mass is 19.1. The minimum absolute atomic E-state index is 0.300. The number of nitrogens with zero attached hydrogens (tertiary/aromatic N) is 2. The molecule has 1 saturated heterocycles. The van der Waals surface area contributed by atoms with Crippen LogP contribution in [0.3, 0.4) is 0 Å². The maximum atomic E-state index is 14.3. The molecule has 0 saturated carbocycles. The molecule has 38 heavy (non-hydrogen) atoms. The summed E-state index contributed by atoms with van der Waals surface area (Å²) in [5, 5.41) is 10.5. The zero-order valence-electron chi connectivity index (χ0n) is 20.6. The van der Waals surface area contributed by atoms with Gasteiger partial charge in [-0.3, -0.25) is 14.6 Å². The Labute approximate surface area is 219 Å². The number of likely N-dealkylation sites (tertiary alicyclic amines) is 1. The van der Waals surface area contributed by atoms with E-state index in [0.29, 0.717) is 22.3 Å². The van der Waals surface area contributed by atoms with Gasteiger partial charge in [-0.1, -0.05) is 60.2 Å². The molecule has 6 nitrogen and oxygen atoms in total. The number of carbonyl (C=O) groups is 3. The van der Waals surface area contributed by atoms with Gasteiger partial charge in [-0.2, -0.15) is 0 Å². The van der Waals surface area contributed by atoms with Crippen molar-refractivity contribution in [1.29, 1.82) is 0 Å². The van der Waals surface area contributed by atoms with Crippen molar-refractivity contribution in [2.24, 2.45) is 5.92 Å². The third-order valence-electron chi connectivity index (χ3n) is 7.06. The summed E-state index contributed by atoms with van der Waals surface area (Å²) in [6.07, 6.45) is 3.13. The van der Waals surface area contributed by atoms with Crippen molar-refractivity contribution in [3.8, 4) is 0 Å². The number of amides is 1. The summed E-state index contributed by atoms with van der Waals surface area (Å²) in [7, 11) is 0. The van der Waals surface area contributed by atoms with E-state index in [1.54, 1.807) is 73.1 Å². The van der Waals surface area contributed by atoms with Crippen LogP contribution in [0.25, 0.3) is 0 Å². The Morgan fingerprint density at radius 2 is 1.55 bits per heavy atom. The first kappa shape index (κ1) is 25.0. The van der Waals surface area contributed by atoms with Gasteiger partial charge in [0.2, 0.25) is 0 Å². The first-order valence-electron chi connectivity index (χ1n) is 12.2. The zero-order valence-corrected chi connectivity index (χ0v) is 20.6. The van der Waals surface area contributed by atoms with Crippen LogP contribution < -0.4 is 0 Å². The van der Waals surface area contributed by atoms with E-state index in [4.69, 9.17) is 0 Å². The molecule has 1 aromatic heterocycles. The fourth-order valence-electron chi connectivity index (χ4n) is 5.46. The Morgan fingerprint density at radius 3 is 2.18 bits per heavy atom. The molecular formula is C31H25FN2O4. The second kappa shape index (κ2) is 10.4. The quantitative estimate of drug-likeness (QED) is 0.350. The monoisotopic (exact) mass is 508 g/mol. The number of aliphatic carboxylic acids is 1. The molecular weight excluding hydrogens is 483 g/mol. The van der Waals surface area contributed by atoms with Crippen LogP contribution in [0.5, 0.6) is 0 Å². The molecule has 2 heterocycles. The minimum Gasteiger partial charge on any atom is -0.480 e. The lowest BCUT2D eigenvalue weighted by atomic mass is 9.76. The summed E-state index contributed by atoms with van der Waals surface area (Å²) in [4.78, 5) is 46.7. The van der Waals surface area contributed by atoms with Gasteiger partial charge in [0.05, 0.1) is 12.0 Å². The van der Waals surface area contributed by atoms with Crippen molar-refractivity contribution in [3.05, 3.63) is 137 Å². The van der Waals surface area contributed by atoms with E-state index in [1.165, 1.54) is 29.2 Å². The normalized spacial score (nSPS) is 20.7. The fraction of sp³-hybridized carbons (Fsp3) is 0.161. The summed E-state index contributed by atoms with van der Waals surface area (Å²) in [6.45, 7) is 1.87. The smallest absolute Gasteiger partial charge is 0.327 e. The lowest BCUT2D eigenvalue weighted by Gasteiger charge is -2.30. The van der Waals surface area contributed by atoms with Gasteiger partial charge >= 0.3 is 5.97 Å². The lowest BCUT2D eigenvalue weighted by molar-refractivity contribution is -0.142. The Bertz CT molecular complexity index is 1480. The fourth-order valence-corrected chi connectivity index (χ4v) is 5.46. The molecule has 4 unspecified atom stereocenters. The van der Waals surface area contributed by atoms with E-state index < -0.39 is 41.6 Å². The molecule has 0 spiro atoms. The summed E-state index contributed by atoms with van der Waals surface area (Å²) >= 11 is 0. The SMILES string of the molecule is Cc1cccc(C(=O)C2C(c3ccc(F)cc3)C(C(=O)O)N(C(=O)c3ccccc3)C2c2cccnc2)c1. The van der Waals surface area contributed by atoms with E-state index in [1.807, 2.05) is 13.0 Å². The molecule has 1 amide bonds. The summed E-state index contributed by atoms with van der Waals surface area (Å²) in [5.74, 6) is -4.47. The van der Waals surface area contributed by atoms with Gasteiger partial charge < -0.3 is 10.0 Å². The van der Waals surface area contributed by atoms with Crippen molar-refractivity contribution in [3.63, 3.8) is 0 Å². The van der Waals surface area contributed by atoms with E-state index in [0.717, 1.165) is 5.56 Å². The maximum absolute atomic E-state index is 14.3. The van der Waals surface area contributed by atoms with Crippen molar-refractivity contribution in [2.75, 3.05) is 0 Å². The number of halogens is 1. The number of carboxylic acids is 1. The average molecular weight is 509 g/mol. The number of aryl methyl sites for hydroxylation is 1.